The van der Waals surface area contributed by atoms with Crippen molar-refractivity contribution < 1.29 is 15.0 Å². The van der Waals surface area contributed by atoms with E-state index >= 15 is 0 Å². The summed E-state index contributed by atoms with van der Waals surface area (Å²) in [5.41, 5.74) is 7.40. The van der Waals surface area contributed by atoms with Crippen molar-refractivity contribution in [3.8, 4) is 0 Å². The first kappa shape index (κ1) is 41.5. The number of aliphatic hydroxyl groups is 1. The van der Waals surface area contributed by atoms with Crippen LogP contribution in [0.1, 0.15) is 94.6 Å². The van der Waals surface area contributed by atoms with Crippen molar-refractivity contribution in [2.45, 2.75) is 95.4 Å². The summed E-state index contributed by atoms with van der Waals surface area (Å²) >= 11 is 2.14. The lowest BCUT2D eigenvalue weighted by Gasteiger charge is -2.07. The van der Waals surface area contributed by atoms with Crippen LogP contribution in [0.4, 0.5) is 5.69 Å². The molecule has 5 heteroatoms. The Bertz CT molecular complexity index is 384. The molecule has 0 spiro atoms. The van der Waals surface area contributed by atoms with Gasteiger partial charge in [-0.3, -0.25) is 4.79 Å². The molecule has 0 bridgehead atoms. The van der Waals surface area contributed by atoms with Crippen LogP contribution in [-0.4, -0.2) is 23.3 Å². The van der Waals surface area contributed by atoms with Crippen LogP contribution >= 0.6 is 22.6 Å². The lowest BCUT2D eigenvalue weighted by Crippen LogP contribution is -2.12. The second kappa shape index (κ2) is 40.8. The first-order valence-corrected chi connectivity index (χ1v) is 11.6. The molecule has 0 aromatic heterocycles. The van der Waals surface area contributed by atoms with Crippen molar-refractivity contribution >= 4 is 34.2 Å². The number of hydrogen-bond acceptors (Lipinski definition) is 3. The summed E-state index contributed by atoms with van der Waals surface area (Å²) in [5.74, 6) is -1.12. The third-order valence-electron chi connectivity index (χ3n) is 2.03. The van der Waals surface area contributed by atoms with Gasteiger partial charge in [0.25, 0.3) is 0 Å². The van der Waals surface area contributed by atoms with Crippen LogP contribution in [0.25, 0.3) is 0 Å². The highest BCUT2D eigenvalue weighted by molar-refractivity contribution is 14.1. The molecule has 1 rings (SSSR count). The van der Waals surface area contributed by atoms with Gasteiger partial charge in [0.2, 0.25) is 0 Å². The fourth-order valence-electron chi connectivity index (χ4n) is 1.14. The molecule has 0 unspecified atom stereocenters. The van der Waals surface area contributed by atoms with Gasteiger partial charge in [-0.05, 0) is 46.7 Å². The van der Waals surface area contributed by atoms with Crippen LogP contribution in [0.3, 0.4) is 0 Å². The van der Waals surface area contributed by atoms with Crippen LogP contribution < -0.4 is 5.73 Å². The van der Waals surface area contributed by atoms with E-state index in [0.717, 1.165) is 21.9 Å². The SMILES string of the molecule is CC.CC.CC.CCC.CCC.CO.C[C@H](Cc1ccc(N)c(I)c1)C(=O)O. The largest absolute Gasteiger partial charge is 0.481 e. The fraction of sp³-hybridized carbons (Fsp3) is 0.696. The average molecular weight is 516 g/mol. The lowest BCUT2D eigenvalue weighted by atomic mass is 10.0. The number of benzene rings is 1. The van der Waals surface area contributed by atoms with Gasteiger partial charge < -0.3 is 15.9 Å². The van der Waals surface area contributed by atoms with Crippen LogP contribution in [0.15, 0.2) is 18.2 Å². The Kier molecular flexibility index (Phi) is 60.5. The molecule has 0 aliphatic heterocycles. The Morgan fingerprint density at radius 1 is 0.964 bits per heavy atom. The molecule has 0 heterocycles. The molecule has 4 nitrogen and oxygen atoms in total. The van der Waals surface area contributed by atoms with Crippen molar-refractivity contribution in [3.05, 3.63) is 27.3 Å². The molecule has 1 atom stereocenters. The van der Waals surface area contributed by atoms with Gasteiger partial charge in [-0.1, -0.05) is 95.1 Å². The molecule has 172 valence electrons. The smallest absolute Gasteiger partial charge is 0.306 e. The van der Waals surface area contributed by atoms with E-state index < -0.39 is 5.97 Å². The maximum Gasteiger partial charge on any atom is 0.306 e. The predicted molar refractivity (Wildman–Crippen MR) is 138 cm³/mol. The average Bonchev–Trinajstić information content (AvgIpc) is 2.72. The van der Waals surface area contributed by atoms with Crippen LogP contribution in [0, 0.1) is 9.49 Å². The third-order valence-corrected chi connectivity index (χ3v) is 2.96. The van der Waals surface area contributed by atoms with Gasteiger partial charge in [-0.25, -0.2) is 0 Å². The summed E-state index contributed by atoms with van der Waals surface area (Å²) in [6.07, 6.45) is 3.05. The normalized spacial score (nSPS) is 8.36. The number of carboxylic acid groups (broad SMARTS) is 1. The van der Waals surface area contributed by atoms with Crippen LogP contribution in [-0.2, 0) is 11.2 Å². The minimum atomic E-state index is -0.767. The van der Waals surface area contributed by atoms with Crippen molar-refractivity contribution in [1.82, 2.24) is 0 Å². The minimum absolute atomic E-state index is 0.352. The summed E-state index contributed by atoms with van der Waals surface area (Å²) in [7, 11) is 1.00. The highest BCUT2D eigenvalue weighted by Crippen LogP contribution is 2.18. The molecule has 1 aromatic rings. The lowest BCUT2D eigenvalue weighted by molar-refractivity contribution is -0.141. The van der Waals surface area contributed by atoms with Gasteiger partial charge in [0.15, 0.2) is 0 Å². The molecule has 0 amide bonds. The van der Waals surface area contributed by atoms with Crippen LogP contribution in [0.2, 0.25) is 0 Å². The summed E-state index contributed by atoms with van der Waals surface area (Å²) < 4.78 is 0.970. The Balaban J connectivity index is -0.0000000723. The van der Waals surface area contributed by atoms with E-state index in [1.54, 1.807) is 6.92 Å². The number of nitrogen functional groups attached to an aromatic ring is 1. The van der Waals surface area contributed by atoms with E-state index in [1.165, 1.54) is 12.8 Å². The molecule has 0 aliphatic rings. The summed E-state index contributed by atoms with van der Waals surface area (Å²) in [4.78, 5) is 10.6. The number of rotatable bonds is 3. The van der Waals surface area contributed by atoms with E-state index in [4.69, 9.17) is 15.9 Å². The van der Waals surface area contributed by atoms with Crippen LogP contribution in [0.5, 0.6) is 0 Å². The Labute approximate surface area is 190 Å². The zero-order chi connectivity index (χ0) is 24.1. The number of carbonyl (C=O) groups is 1. The number of anilines is 1. The number of aliphatic hydroxyl groups excluding tert-OH is 1. The van der Waals surface area contributed by atoms with E-state index in [2.05, 4.69) is 50.3 Å². The van der Waals surface area contributed by atoms with Gasteiger partial charge in [0.05, 0.1) is 5.92 Å². The van der Waals surface area contributed by atoms with E-state index in [-0.39, 0.29) is 5.92 Å². The number of nitrogens with two attached hydrogens (primary N) is 1. The Morgan fingerprint density at radius 3 is 1.54 bits per heavy atom. The number of carboxylic acids is 1. The standard InChI is InChI=1S/C10H12INO2.2C3H8.3C2H6.CH4O/c1-6(10(13)14)4-7-2-3-9(12)8(11)5-7;2*1-3-2;4*1-2/h2-3,5-6H,4,12H2,1H3,(H,13,14);2*3H2,1-2H3;3*1-2H3;2H,1H3/t6-;;;;;;/m1....../s1. The summed E-state index contributed by atoms with van der Waals surface area (Å²) in [6, 6.07) is 5.61. The first-order chi connectivity index (χ1) is 13.3. The summed E-state index contributed by atoms with van der Waals surface area (Å²) in [6.45, 7) is 22.2. The topological polar surface area (TPSA) is 83.5 Å². The Morgan fingerprint density at radius 2 is 1.29 bits per heavy atom. The second-order valence-corrected chi connectivity index (χ2v) is 5.88. The zero-order valence-corrected chi connectivity index (χ0v) is 22.8. The van der Waals surface area contributed by atoms with E-state index in [0.29, 0.717) is 6.42 Å². The molecule has 0 saturated heterocycles. The predicted octanol–water partition coefficient (Wildman–Crippen LogP) is 7.66. The maximum absolute atomic E-state index is 10.6. The maximum atomic E-state index is 10.6. The molecule has 0 fully saturated rings. The monoisotopic (exact) mass is 515 g/mol. The van der Waals surface area contributed by atoms with Gasteiger partial charge >= 0.3 is 5.97 Å². The summed E-state index contributed by atoms with van der Waals surface area (Å²) in [5, 5.41) is 15.7. The second-order valence-electron chi connectivity index (χ2n) is 4.71. The van der Waals surface area contributed by atoms with Gasteiger partial charge in [-0.15, -0.1) is 0 Å². The van der Waals surface area contributed by atoms with E-state index in [9.17, 15) is 4.79 Å². The molecule has 4 N–H and O–H groups in total. The third kappa shape index (κ3) is 36.2. The molecule has 1 aromatic carbocycles. The van der Waals surface area contributed by atoms with Gasteiger partial charge in [-0.2, -0.15) is 0 Å². The van der Waals surface area contributed by atoms with Crippen molar-refractivity contribution in [3.63, 3.8) is 0 Å². The Hall–Kier alpha value is -0.820. The van der Waals surface area contributed by atoms with Crippen molar-refractivity contribution in [2.75, 3.05) is 12.8 Å². The molecule has 28 heavy (non-hydrogen) atoms. The molecular weight excluding hydrogens is 465 g/mol. The highest BCUT2D eigenvalue weighted by Gasteiger charge is 2.11. The van der Waals surface area contributed by atoms with Crippen molar-refractivity contribution in [2.24, 2.45) is 5.92 Å². The number of hydrogen-bond donors (Lipinski definition) is 3. The minimum Gasteiger partial charge on any atom is -0.481 e. The van der Waals surface area contributed by atoms with Gasteiger partial charge in [0, 0.05) is 16.4 Å². The number of aliphatic carboxylic acids is 1. The van der Waals surface area contributed by atoms with E-state index in [1.807, 2.05) is 59.7 Å². The van der Waals surface area contributed by atoms with Gasteiger partial charge in [0.1, 0.15) is 0 Å². The number of halogens is 1. The quantitative estimate of drug-likeness (QED) is 0.285. The first-order valence-electron chi connectivity index (χ1n) is 10.5. The van der Waals surface area contributed by atoms with Crippen molar-refractivity contribution in [1.29, 1.82) is 0 Å². The fourth-order valence-corrected chi connectivity index (χ4v) is 1.72. The molecule has 0 aliphatic carbocycles. The highest BCUT2D eigenvalue weighted by atomic mass is 127. The zero-order valence-electron chi connectivity index (χ0n) is 20.7. The molecule has 0 saturated carbocycles. The molecule has 0 radical (unpaired) electrons. The molecular formula is C23H50INO3.